The molecule has 4 nitrogen and oxygen atoms in total. The SMILES string of the molecule is CCc1cnc(Cn2c(C(C)C)c[nH]c2=S)o1. The molecule has 0 aromatic carbocycles. The second-order valence-electron chi connectivity index (χ2n) is 4.33. The molecule has 5 heteroatoms. The zero-order valence-corrected chi connectivity index (χ0v) is 11.2. The average molecular weight is 251 g/mol. The highest BCUT2D eigenvalue weighted by atomic mass is 32.1. The van der Waals surface area contributed by atoms with Crippen LogP contribution in [0.1, 0.15) is 44.0 Å². The van der Waals surface area contributed by atoms with E-state index in [1.807, 2.05) is 17.7 Å². The van der Waals surface area contributed by atoms with Crippen molar-refractivity contribution in [3.8, 4) is 0 Å². The summed E-state index contributed by atoms with van der Waals surface area (Å²) in [4.78, 5) is 7.32. The van der Waals surface area contributed by atoms with Crippen LogP contribution in [-0.2, 0) is 13.0 Å². The highest BCUT2D eigenvalue weighted by molar-refractivity contribution is 7.71. The molecule has 92 valence electrons. The van der Waals surface area contributed by atoms with Crippen LogP contribution in [0.15, 0.2) is 16.8 Å². The maximum Gasteiger partial charge on any atom is 0.214 e. The summed E-state index contributed by atoms with van der Waals surface area (Å²) < 4.78 is 8.35. The van der Waals surface area contributed by atoms with Crippen LogP contribution in [0.2, 0.25) is 0 Å². The molecule has 0 atom stereocenters. The zero-order chi connectivity index (χ0) is 12.4. The quantitative estimate of drug-likeness (QED) is 0.848. The molecular weight excluding hydrogens is 234 g/mol. The van der Waals surface area contributed by atoms with E-state index >= 15 is 0 Å². The molecule has 2 aromatic rings. The predicted molar refractivity (Wildman–Crippen MR) is 68.7 cm³/mol. The van der Waals surface area contributed by atoms with Crippen molar-refractivity contribution in [3.05, 3.63) is 34.5 Å². The lowest BCUT2D eigenvalue weighted by Crippen LogP contribution is -2.06. The maximum atomic E-state index is 5.60. The first-order chi connectivity index (χ1) is 8.11. The Morgan fingerprint density at radius 1 is 1.53 bits per heavy atom. The summed E-state index contributed by atoms with van der Waals surface area (Å²) in [7, 11) is 0. The number of rotatable bonds is 4. The van der Waals surface area contributed by atoms with E-state index in [4.69, 9.17) is 16.6 Å². The lowest BCUT2D eigenvalue weighted by molar-refractivity contribution is 0.441. The van der Waals surface area contributed by atoms with Gasteiger partial charge in [-0.1, -0.05) is 20.8 Å². The van der Waals surface area contributed by atoms with Crippen molar-refractivity contribution in [2.45, 2.75) is 39.7 Å². The van der Waals surface area contributed by atoms with Crippen LogP contribution in [-0.4, -0.2) is 14.5 Å². The summed E-state index contributed by atoms with van der Waals surface area (Å²) in [6.45, 7) is 6.92. The number of nitrogens with zero attached hydrogens (tertiary/aromatic N) is 2. The number of hydrogen-bond acceptors (Lipinski definition) is 3. The fourth-order valence-corrected chi connectivity index (χ4v) is 2.00. The average Bonchev–Trinajstić information content (AvgIpc) is 2.87. The molecule has 0 spiro atoms. The molecule has 0 fully saturated rings. The number of hydrogen-bond donors (Lipinski definition) is 1. The van der Waals surface area contributed by atoms with Gasteiger partial charge < -0.3 is 14.0 Å². The van der Waals surface area contributed by atoms with Gasteiger partial charge in [-0.05, 0) is 18.1 Å². The topological polar surface area (TPSA) is 46.8 Å². The Balaban J connectivity index is 2.29. The van der Waals surface area contributed by atoms with E-state index in [-0.39, 0.29) is 0 Å². The van der Waals surface area contributed by atoms with E-state index < -0.39 is 0 Å². The Labute approximate surface area is 106 Å². The largest absolute Gasteiger partial charge is 0.444 e. The molecule has 2 heterocycles. The van der Waals surface area contributed by atoms with Gasteiger partial charge in [0.05, 0.1) is 6.20 Å². The van der Waals surface area contributed by atoms with Gasteiger partial charge in [0.25, 0.3) is 0 Å². The van der Waals surface area contributed by atoms with Crippen LogP contribution in [0.25, 0.3) is 0 Å². The van der Waals surface area contributed by atoms with Crippen molar-refractivity contribution in [1.29, 1.82) is 0 Å². The van der Waals surface area contributed by atoms with Crippen LogP contribution >= 0.6 is 12.2 Å². The van der Waals surface area contributed by atoms with E-state index in [9.17, 15) is 0 Å². The van der Waals surface area contributed by atoms with Gasteiger partial charge in [0, 0.05) is 18.3 Å². The molecule has 0 aliphatic heterocycles. The van der Waals surface area contributed by atoms with Crippen LogP contribution in [0.4, 0.5) is 0 Å². The third-order valence-corrected chi connectivity index (χ3v) is 3.07. The summed E-state index contributed by atoms with van der Waals surface area (Å²) >= 11 is 5.26. The minimum Gasteiger partial charge on any atom is -0.444 e. The van der Waals surface area contributed by atoms with Gasteiger partial charge in [0.2, 0.25) is 5.89 Å². The van der Waals surface area contributed by atoms with Crippen LogP contribution in [0.5, 0.6) is 0 Å². The Hall–Kier alpha value is -1.36. The second-order valence-corrected chi connectivity index (χ2v) is 4.72. The van der Waals surface area contributed by atoms with Gasteiger partial charge in [0.1, 0.15) is 12.3 Å². The first kappa shape index (κ1) is 12.1. The van der Waals surface area contributed by atoms with Gasteiger partial charge in [-0.15, -0.1) is 0 Å². The van der Waals surface area contributed by atoms with Gasteiger partial charge in [-0.25, -0.2) is 4.98 Å². The highest BCUT2D eigenvalue weighted by Gasteiger charge is 2.11. The summed E-state index contributed by atoms with van der Waals surface area (Å²) in [5.74, 6) is 2.04. The number of aromatic nitrogens is 3. The molecule has 0 aliphatic rings. The zero-order valence-electron chi connectivity index (χ0n) is 10.4. The summed E-state index contributed by atoms with van der Waals surface area (Å²) in [6.07, 6.45) is 4.60. The predicted octanol–water partition coefficient (Wildman–Crippen LogP) is 3.27. The van der Waals surface area contributed by atoms with Crippen molar-refractivity contribution >= 4 is 12.2 Å². The molecule has 0 saturated heterocycles. The Morgan fingerprint density at radius 2 is 2.29 bits per heavy atom. The maximum absolute atomic E-state index is 5.60. The fourth-order valence-electron chi connectivity index (χ4n) is 1.77. The Kier molecular flexibility index (Phi) is 3.47. The first-order valence-corrected chi connectivity index (χ1v) is 6.24. The Morgan fingerprint density at radius 3 is 2.88 bits per heavy atom. The van der Waals surface area contributed by atoms with E-state index in [2.05, 4.69) is 23.8 Å². The van der Waals surface area contributed by atoms with E-state index in [1.165, 1.54) is 5.69 Å². The number of oxazole rings is 1. The van der Waals surface area contributed by atoms with Crippen molar-refractivity contribution in [2.24, 2.45) is 0 Å². The van der Waals surface area contributed by atoms with E-state index in [1.54, 1.807) is 6.20 Å². The van der Waals surface area contributed by atoms with Crippen LogP contribution in [0, 0.1) is 4.77 Å². The number of H-pyrrole nitrogens is 1. The summed E-state index contributed by atoms with van der Waals surface area (Å²) in [5, 5.41) is 0. The third-order valence-electron chi connectivity index (χ3n) is 2.74. The van der Waals surface area contributed by atoms with Gasteiger partial charge in [0.15, 0.2) is 4.77 Å². The molecule has 0 amide bonds. The normalized spacial score (nSPS) is 11.3. The molecule has 2 rings (SSSR count). The summed E-state index contributed by atoms with van der Waals surface area (Å²) in [6, 6.07) is 0. The molecule has 1 N–H and O–H groups in total. The van der Waals surface area contributed by atoms with Gasteiger partial charge in [-0.3, -0.25) is 0 Å². The standard InChI is InChI=1S/C12H17N3OS/c1-4-9-5-13-11(16-9)7-15-10(8(2)3)6-14-12(15)17/h5-6,8H,4,7H2,1-3H3,(H,14,17). The number of aryl methyl sites for hydroxylation is 1. The lowest BCUT2D eigenvalue weighted by Gasteiger charge is -2.08. The minimum absolute atomic E-state index is 0.420. The fraction of sp³-hybridized carbons (Fsp3) is 0.500. The van der Waals surface area contributed by atoms with Crippen LogP contribution in [0.3, 0.4) is 0 Å². The molecule has 0 saturated carbocycles. The number of aromatic amines is 1. The molecule has 17 heavy (non-hydrogen) atoms. The molecule has 2 aromatic heterocycles. The third kappa shape index (κ3) is 2.49. The molecule has 0 aliphatic carbocycles. The van der Waals surface area contributed by atoms with Crippen molar-refractivity contribution < 1.29 is 4.42 Å². The smallest absolute Gasteiger partial charge is 0.214 e. The first-order valence-electron chi connectivity index (χ1n) is 5.83. The lowest BCUT2D eigenvalue weighted by atomic mass is 10.1. The molecule has 0 unspecified atom stereocenters. The highest BCUT2D eigenvalue weighted by Crippen LogP contribution is 2.16. The van der Waals surface area contributed by atoms with Crippen LogP contribution < -0.4 is 0 Å². The Bertz CT molecular complexity index is 550. The monoisotopic (exact) mass is 251 g/mol. The van der Waals surface area contributed by atoms with E-state index in [0.717, 1.165) is 12.2 Å². The van der Waals surface area contributed by atoms with E-state index in [0.29, 0.717) is 23.1 Å². The van der Waals surface area contributed by atoms with Gasteiger partial charge >= 0.3 is 0 Å². The second kappa shape index (κ2) is 4.87. The number of imidazole rings is 1. The minimum atomic E-state index is 0.420. The number of nitrogens with one attached hydrogen (secondary N) is 1. The molecule has 0 bridgehead atoms. The van der Waals surface area contributed by atoms with Gasteiger partial charge in [-0.2, -0.15) is 0 Å². The molecule has 0 radical (unpaired) electrons. The van der Waals surface area contributed by atoms with Crippen molar-refractivity contribution in [1.82, 2.24) is 14.5 Å². The van der Waals surface area contributed by atoms with Crippen molar-refractivity contribution in [2.75, 3.05) is 0 Å². The summed E-state index contributed by atoms with van der Waals surface area (Å²) in [5.41, 5.74) is 1.17. The van der Waals surface area contributed by atoms with Crippen molar-refractivity contribution in [3.63, 3.8) is 0 Å². The molecular formula is C12H17N3OS.